The summed E-state index contributed by atoms with van der Waals surface area (Å²) in [6, 6.07) is 4.09. The summed E-state index contributed by atoms with van der Waals surface area (Å²) in [7, 11) is 0.932. The Bertz CT molecular complexity index is 830. The number of benzene rings is 1. The predicted octanol–water partition coefficient (Wildman–Crippen LogP) is 1.93. The van der Waals surface area contributed by atoms with Crippen LogP contribution in [0.5, 0.6) is 0 Å². The number of Topliss-reactive ketones (excluding diaryl/α,β-unsaturated/α-hetero) is 1. The monoisotopic (exact) mass is 340 g/mol. The molecule has 1 atom stereocenters. The van der Waals surface area contributed by atoms with Crippen molar-refractivity contribution in [2.45, 2.75) is 12.1 Å². The van der Waals surface area contributed by atoms with E-state index < -0.39 is 46.2 Å². The lowest BCUT2D eigenvalue weighted by molar-refractivity contribution is -0.142. The molecule has 1 heterocycles. The molecule has 1 N–H and O–H groups in total. The summed E-state index contributed by atoms with van der Waals surface area (Å²) >= 11 is 0. The Kier molecular flexibility index (Phi) is 4.82. The highest BCUT2D eigenvalue weighted by atomic mass is 19.4. The molecule has 2 rings (SSSR count). The number of esters is 1. The number of methoxy groups -OCH3 is 1. The molecule has 0 radical (unpaired) electrons. The van der Waals surface area contributed by atoms with E-state index >= 15 is 0 Å². The van der Waals surface area contributed by atoms with Crippen LogP contribution in [0.4, 0.5) is 13.2 Å². The largest absolute Gasteiger partial charge is 0.468 e. The molecule has 9 heteroatoms. The molecular formula is C15H11F3N2O4. The number of H-pyrrole nitrogens is 1. The lowest BCUT2D eigenvalue weighted by Crippen LogP contribution is -2.31. The van der Waals surface area contributed by atoms with E-state index in [4.69, 9.17) is 0 Å². The number of rotatable bonds is 4. The standard InChI is InChI=1S/C15H11F3N2O4/c1-24-14(23)10(12(21)11-13(22)20-7-6-19-11)8-4-2-3-5-9(8)15(16,17)18/h2-7,10H,1H3,(H,20,22). The van der Waals surface area contributed by atoms with Crippen LogP contribution < -0.4 is 5.56 Å². The third-order valence-electron chi connectivity index (χ3n) is 3.22. The number of ether oxygens (including phenoxy) is 1. The minimum Gasteiger partial charge on any atom is -0.468 e. The molecule has 0 aliphatic carbocycles. The van der Waals surface area contributed by atoms with Gasteiger partial charge in [-0.3, -0.25) is 14.4 Å². The summed E-state index contributed by atoms with van der Waals surface area (Å²) in [4.78, 5) is 41.9. The van der Waals surface area contributed by atoms with Crippen LogP contribution in [0.1, 0.15) is 27.5 Å². The van der Waals surface area contributed by atoms with Crippen LogP contribution in [-0.4, -0.2) is 28.8 Å². The van der Waals surface area contributed by atoms with Gasteiger partial charge in [0.2, 0.25) is 5.78 Å². The SMILES string of the molecule is COC(=O)C(C(=O)c1ncc[nH]c1=O)c1ccccc1C(F)(F)F. The molecule has 24 heavy (non-hydrogen) atoms. The molecule has 0 amide bonds. The van der Waals surface area contributed by atoms with E-state index in [9.17, 15) is 27.6 Å². The Morgan fingerprint density at radius 1 is 1.25 bits per heavy atom. The maximum atomic E-state index is 13.2. The van der Waals surface area contributed by atoms with Crippen molar-refractivity contribution >= 4 is 11.8 Å². The summed E-state index contributed by atoms with van der Waals surface area (Å²) in [5, 5.41) is 0. The van der Waals surface area contributed by atoms with Crippen molar-refractivity contribution in [3.05, 3.63) is 63.8 Å². The second-order valence-electron chi connectivity index (χ2n) is 4.67. The second kappa shape index (κ2) is 6.65. The zero-order chi connectivity index (χ0) is 17.9. The quantitative estimate of drug-likeness (QED) is 0.522. The van der Waals surface area contributed by atoms with Gasteiger partial charge in [-0.25, -0.2) is 4.98 Å². The van der Waals surface area contributed by atoms with Crippen molar-refractivity contribution in [3.8, 4) is 0 Å². The lowest BCUT2D eigenvalue weighted by atomic mass is 9.89. The van der Waals surface area contributed by atoms with Gasteiger partial charge in [0.15, 0.2) is 5.69 Å². The minimum absolute atomic E-state index is 0.605. The average molecular weight is 340 g/mol. The highest BCUT2D eigenvalue weighted by molar-refractivity contribution is 6.12. The van der Waals surface area contributed by atoms with Gasteiger partial charge in [-0.2, -0.15) is 13.2 Å². The predicted molar refractivity (Wildman–Crippen MR) is 75.4 cm³/mol. The number of halogens is 3. The van der Waals surface area contributed by atoms with Gasteiger partial charge in [0.25, 0.3) is 5.56 Å². The van der Waals surface area contributed by atoms with Crippen LogP contribution in [-0.2, 0) is 15.7 Å². The first-order valence-corrected chi connectivity index (χ1v) is 6.59. The van der Waals surface area contributed by atoms with E-state index in [0.29, 0.717) is 0 Å². The summed E-state index contributed by atoms with van der Waals surface area (Å²) in [5.74, 6) is -4.36. The van der Waals surface area contributed by atoms with Crippen molar-refractivity contribution in [1.82, 2.24) is 9.97 Å². The lowest BCUT2D eigenvalue weighted by Gasteiger charge is -2.18. The topological polar surface area (TPSA) is 89.1 Å². The highest BCUT2D eigenvalue weighted by Gasteiger charge is 2.41. The Hall–Kier alpha value is -2.97. The third-order valence-corrected chi connectivity index (χ3v) is 3.22. The van der Waals surface area contributed by atoms with Gasteiger partial charge in [0.1, 0.15) is 5.92 Å². The molecule has 1 aromatic heterocycles. The maximum absolute atomic E-state index is 13.2. The fourth-order valence-electron chi connectivity index (χ4n) is 2.16. The summed E-state index contributed by atoms with van der Waals surface area (Å²) in [5.41, 5.74) is -3.36. The van der Waals surface area contributed by atoms with E-state index in [1.54, 1.807) is 0 Å². The highest BCUT2D eigenvalue weighted by Crippen LogP contribution is 2.36. The van der Waals surface area contributed by atoms with Crippen LogP contribution in [0.3, 0.4) is 0 Å². The molecule has 0 saturated heterocycles. The number of aromatic nitrogens is 2. The molecule has 0 bridgehead atoms. The molecule has 0 spiro atoms. The number of nitrogens with zero attached hydrogens (tertiary/aromatic N) is 1. The van der Waals surface area contributed by atoms with E-state index in [2.05, 4.69) is 14.7 Å². The first-order chi connectivity index (χ1) is 11.3. The molecular weight excluding hydrogens is 329 g/mol. The van der Waals surface area contributed by atoms with Gasteiger partial charge in [-0.05, 0) is 11.6 Å². The summed E-state index contributed by atoms with van der Waals surface area (Å²) < 4.78 is 44.0. The van der Waals surface area contributed by atoms with Gasteiger partial charge in [-0.1, -0.05) is 18.2 Å². The van der Waals surface area contributed by atoms with Gasteiger partial charge in [0, 0.05) is 12.4 Å². The van der Waals surface area contributed by atoms with Gasteiger partial charge in [0.05, 0.1) is 12.7 Å². The first-order valence-electron chi connectivity index (χ1n) is 6.59. The van der Waals surface area contributed by atoms with Crippen molar-refractivity contribution in [1.29, 1.82) is 0 Å². The number of ketones is 1. The van der Waals surface area contributed by atoms with Gasteiger partial charge in [-0.15, -0.1) is 0 Å². The van der Waals surface area contributed by atoms with Crippen molar-refractivity contribution in [2.75, 3.05) is 7.11 Å². The molecule has 1 aromatic carbocycles. The second-order valence-corrected chi connectivity index (χ2v) is 4.67. The fraction of sp³-hybridized carbons (Fsp3) is 0.200. The van der Waals surface area contributed by atoms with Crippen molar-refractivity contribution in [3.63, 3.8) is 0 Å². The number of alkyl halides is 3. The minimum atomic E-state index is -4.79. The smallest absolute Gasteiger partial charge is 0.416 e. The van der Waals surface area contributed by atoms with Crippen LogP contribution in [0.2, 0.25) is 0 Å². The Balaban J connectivity index is 2.65. The number of carbonyl (C=O) groups is 2. The number of nitrogens with one attached hydrogen (secondary N) is 1. The van der Waals surface area contributed by atoms with Crippen LogP contribution in [0, 0.1) is 0 Å². The molecule has 2 aromatic rings. The average Bonchev–Trinajstić information content (AvgIpc) is 2.54. The molecule has 126 valence electrons. The van der Waals surface area contributed by atoms with Gasteiger partial charge >= 0.3 is 12.1 Å². The molecule has 0 saturated carbocycles. The van der Waals surface area contributed by atoms with Crippen LogP contribution in [0.25, 0.3) is 0 Å². The molecule has 6 nitrogen and oxygen atoms in total. The van der Waals surface area contributed by atoms with Crippen molar-refractivity contribution < 1.29 is 27.5 Å². The molecule has 0 fully saturated rings. The number of carbonyl (C=O) groups excluding carboxylic acids is 2. The molecule has 0 aliphatic rings. The summed E-state index contributed by atoms with van der Waals surface area (Å²) in [6.07, 6.45) is -2.56. The Morgan fingerprint density at radius 3 is 2.50 bits per heavy atom. The zero-order valence-corrected chi connectivity index (χ0v) is 12.3. The van der Waals surface area contributed by atoms with E-state index in [1.165, 1.54) is 6.07 Å². The van der Waals surface area contributed by atoms with Crippen LogP contribution >= 0.6 is 0 Å². The number of hydrogen-bond acceptors (Lipinski definition) is 5. The number of aromatic amines is 1. The van der Waals surface area contributed by atoms with Gasteiger partial charge < -0.3 is 9.72 Å². The maximum Gasteiger partial charge on any atom is 0.416 e. The van der Waals surface area contributed by atoms with E-state index in [1.807, 2.05) is 0 Å². The van der Waals surface area contributed by atoms with E-state index in [-0.39, 0.29) is 0 Å². The number of hydrogen-bond donors (Lipinski definition) is 1. The summed E-state index contributed by atoms with van der Waals surface area (Å²) in [6.45, 7) is 0. The Morgan fingerprint density at radius 2 is 1.92 bits per heavy atom. The first kappa shape index (κ1) is 17.4. The third kappa shape index (κ3) is 3.34. The van der Waals surface area contributed by atoms with Crippen LogP contribution in [0.15, 0.2) is 41.5 Å². The van der Waals surface area contributed by atoms with E-state index in [0.717, 1.165) is 37.7 Å². The molecule has 1 unspecified atom stereocenters. The zero-order valence-electron chi connectivity index (χ0n) is 12.3. The Labute approximate surface area is 133 Å². The fourth-order valence-corrected chi connectivity index (χ4v) is 2.16. The molecule has 0 aliphatic heterocycles. The normalized spacial score (nSPS) is 12.5. The van der Waals surface area contributed by atoms with Crippen molar-refractivity contribution in [2.24, 2.45) is 0 Å².